The first-order valence-electron chi connectivity index (χ1n) is 6.88. The maximum atomic E-state index is 11.4. The monoisotopic (exact) mass is 280 g/mol. The Hall–Kier alpha value is -1.55. The number of ether oxygens (including phenoxy) is 1. The average Bonchev–Trinajstić information content (AvgIpc) is 2.26. The molecular formula is C16H24O4. The predicted octanol–water partition coefficient (Wildman–Crippen LogP) is 3.04. The van der Waals surface area contributed by atoms with Crippen molar-refractivity contribution in [3.8, 4) is 5.75 Å². The average molecular weight is 280 g/mol. The highest BCUT2D eigenvalue weighted by Crippen LogP contribution is 2.35. The molecule has 2 unspecified atom stereocenters. The second-order valence-electron chi connectivity index (χ2n) is 5.90. The van der Waals surface area contributed by atoms with Gasteiger partial charge in [0.25, 0.3) is 0 Å². The molecule has 0 aromatic heterocycles. The van der Waals surface area contributed by atoms with E-state index in [0.29, 0.717) is 11.3 Å². The van der Waals surface area contributed by atoms with E-state index in [9.17, 15) is 15.0 Å². The lowest BCUT2D eigenvalue weighted by Gasteiger charge is -2.33. The summed E-state index contributed by atoms with van der Waals surface area (Å²) in [6.07, 6.45) is 0.0730. The summed E-state index contributed by atoms with van der Waals surface area (Å²) in [7, 11) is 0. The molecule has 0 heterocycles. The highest BCUT2D eigenvalue weighted by atomic mass is 16.5. The van der Waals surface area contributed by atoms with Gasteiger partial charge in [-0.1, -0.05) is 26.0 Å². The maximum absolute atomic E-state index is 11.4. The van der Waals surface area contributed by atoms with Crippen molar-refractivity contribution in [1.82, 2.24) is 0 Å². The minimum atomic E-state index is -1.42. The molecule has 1 aromatic carbocycles. The summed E-state index contributed by atoms with van der Waals surface area (Å²) >= 11 is 0. The number of aliphatic carboxylic acids is 1. The van der Waals surface area contributed by atoms with Crippen molar-refractivity contribution >= 4 is 5.97 Å². The van der Waals surface area contributed by atoms with E-state index >= 15 is 0 Å². The first kappa shape index (κ1) is 16.5. The Morgan fingerprint density at radius 1 is 1.15 bits per heavy atom. The first-order chi connectivity index (χ1) is 9.16. The number of aliphatic hydroxyl groups is 1. The Bertz CT molecular complexity index is 446. The molecule has 0 amide bonds. The van der Waals surface area contributed by atoms with Crippen molar-refractivity contribution in [3.63, 3.8) is 0 Å². The number of hydrogen-bond acceptors (Lipinski definition) is 3. The van der Waals surface area contributed by atoms with Crippen molar-refractivity contribution in [2.45, 2.75) is 46.3 Å². The lowest BCUT2D eigenvalue weighted by Crippen LogP contribution is -2.40. The van der Waals surface area contributed by atoms with E-state index in [1.807, 2.05) is 13.8 Å². The molecule has 0 aliphatic carbocycles. The summed E-state index contributed by atoms with van der Waals surface area (Å²) in [6, 6.07) is 6.94. The minimum absolute atomic E-state index is 0.0730. The zero-order valence-corrected chi connectivity index (χ0v) is 12.8. The molecule has 0 bridgehead atoms. The summed E-state index contributed by atoms with van der Waals surface area (Å²) in [4.78, 5) is 11.4. The van der Waals surface area contributed by atoms with Crippen LogP contribution >= 0.6 is 0 Å². The summed E-state index contributed by atoms with van der Waals surface area (Å²) in [6.45, 7) is 9.00. The lowest BCUT2D eigenvalue weighted by molar-refractivity contribution is -0.155. The molecule has 20 heavy (non-hydrogen) atoms. The summed E-state index contributed by atoms with van der Waals surface area (Å²) in [5.41, 5.74) is -0.842. The van der Waals surface area contributed by atoms with E-state index in [0.717, 1.165) is 0 Å². The van der Waals surface area contributed by atoms with Gasteiger partial charge in [0.05, 0.1) is 12.0 Å². The third kappa shape index (κ3) is 3.73. The largest absolute Gasteiger partial charge is 0.491 e. The molecule has 2 atom stereocenters. The van der Waals surface area contributed by atoms with Gasteiger partial charge in [-0.25, -0.2) is 0 Å². The number of benzene rings is 1. The fourth-order valence-corrected chi connectivity index (χ4v) is 2.50. The normalized spacial score (nSPS) is 16.0. The van der Waals surface area contributed by atoms with Crippen LogP contribution in [0.4, 0.5) is 0 Å². The Morgan fingerprint density at radius 3 is 2.00 bits per heavy atom. The summed E-state index contributed by atoms with van der Waals surface area (Å²) in [5, 5.41) is 20.0. The van der Waals surface area contributed by atoms with Crippen LogP contribution in [-0.2, 0) is 10.4 Å². The van der Waals surface area contributed by atoms with Crippen LogP contribution in [0.25, 0.3) is 0 Å². The van der Waals surface area contributed by atoms with Gasteiger partial charge in [-0.15, -0.1) is 0 Å². The number of hydrogen-bond donors (Lipinski definition) is 2. The Balaban J connectivity index is 3.05. The number of rotatable bonds is 6. The third-order valence-corrected chi connectivity index (χ3v) is 3.35. The number of carbonyl (C=O) groups is 1. The molecule has 1 rings (SSSR count). The van der Waals surface area contributed by atoms with Gasteiger partial charge in [-0.2, -0.15) is 0 Å². The standard InChI is InChI=1S/C16H24O4/c1-10(2)14(15(17)18)16(5,19)12-6-8-13(9-7-12)20-11(3)4/h6-11,14,19H,1-5H3,(H,17,18). The third-order valence-electron chi connectivity index (χ3n) is 3.35. The van der Waals surface area contributed by atoms with E-state index in [4.69, 9.17) is 4.74 Å². The SMILES string of the molecule is CC(C)Oc1ccc(C(C)(O)C(C(=O)O)C(C)C)cc1. The number of carboxylic acid groups (broad SMARTS) is 1. The van der Waals surface area contributed by atoms with Gasteiger partial charge in [0.2, 0.25) is 0 Å². The highest BCUT2D eigenvalue weighted by molar-refractivity contribution is 5.72. The van der Waals surface area contributed by atoms with Gasteiger partial charge in [0.15, 0.2) is 0 Å². The highest BCUT2D eigenvalue weighted by Gasteiger charge is 2.41. The smallest absolute Gasteiger partial charge is 0.310 e. The van der Waals surface area contributed by atoms with Crippen LogP contribution in [-0.4, -0.2) is 22.3 Å². The van der Waals surface area contributed by atoms with Gasteiger partial charge < -0.3 is 14.9 Å². The zero-order valence-electron chi connectivity index (χ0n) is 12.8. The van der Waals surface area contributed by atoms with Gasteiger partial charge in [-0.05, 0) is 44.4 Å². The molecule has 112 valence electrons. The van der Waals surface area contributed by atoms with Crippen LogP contribution in [0.2, 0.25) is 0 Å². The fraction of sp³-hybridized carbons (Fsp3) is 0.562. The van der Waals surface area contributed by atoms with Crippen LogP contribution in [0.3, 0.4) is 0 Å². The van der Waals surface area contributed by atoms with Crippen molar-refractivity contribution < 1.29 is 19.7 Å². The van der Waals surface area contributed by atoms with Crippen LogP contribution in [0.15, 0.2) is 24.3 Å². The molecule has 0 aliphatic heterocycles. The van der Waals surface area contributed by atoms with E-state index in [1.165, 1.54) is 0 Å². The maximum Gasteiger partial charge on any atom is 0.310 e. The molecule has 4 heteroatoms. The van der Waals surface area contributed by atoms with Crippen LogP contribution in [0.1, 0.15) is 40.2 Å². The lowest BCUT2D eigenvalue weighted by atomic mass is 9.76. The van der Waals surface area contributed by atoms with Gasteiger partial charge >= 0.3 is 5.97 Å². The van der Waals surface area contributed by atoms with Crippen LogP contribution < -0.4 is 4.74 Å². The molecule has 4 nitrogen and oxygen atoms in total. The van der Waals surface area contributed by atoms with Crippen molar-refractivity contribution in [2.75, 3.05) is 0 Å². The van der Waals surface area contributed by atoms with Crippen molar-refractivity contribution in [3.05, 3.63) is 29.8 Å². The molecular weight excluding hydrogens is 256 g/mol. The quantitative estimate of drug-likeness (QED) is 0.840. The molecule has 0 saturated heterocycles. The van der Waals surface area contributed by atoms with Gasteiger partial charge in [0, 0.05) is 0 Å². The zero-order chi connectivity index (χ0) is 15.5. The molecule has 0 spiro atoms. The van der Waals surface area contributed by atoms with Crippen molar-refractivity contribution in [1.29, 1.82) is 0 Å². The summed E-state index contributed by atoms with van der Waals surface area (Å²) in [5.74, 6) is -1.32. The van der Waals surface area contributed by atoms with Crippen LogP contribution in [0, 0.1) is 11.8 Å². The van der Waals surface area contributed by atoms with E-state index in [2.05, 4.69) is 0 Å². The topological polar surface area (TPSA) is 66.8 Å². The van der Waals surface area contributed by atoms with Gasteiger partial charge in [-0.3, -0.25) is 4.79 Å². The molecule has 0 aliphatic rings. The Morgan fingerprint density at radius 2 is 1.65 bits per heavy atom. The number of carboxylic acids is 1. The minimum Gasteiger partial charge on any atom is -0.491 e. The van der Waals surface area contributed by atoms with Crippen molar-refractivity contribution in [2.24, 2.45) is 11.8 Å². The molecule has 0 saturated carbocycles. The molecule has 0 radical (unpaired) electrons. The molecule has 1 aromatic rings. The van der Waals surface area contributed by atoms with Crippen LogP contribution in [0.5, 0.6) is 5.75 Å². The second kappa shape index (κ2) is 6.27. The summed E-state index contributed by atoms with van der Waals surface area (Å²) < 4.78 is 5.54. The van der Waals surface area contributed by atoms with Gasteiger partial charge in [0.1, 0.15) is 11.4 Å². The Kier molecular flexibility index (Phi) is 5.17. The van der Waals surface area contributed by atoms with E-state index in [-0.39, 0.29) is 12.0 Å². The van der Waals surface area contributed by atoms with E-state index < -0.39 is 17.5 Å². The first-order valence-corrected chi connectivity index (χ1v) is 6.88. The molecule has 2 N–H and O–H groups in total. The Labute approximate surface area is 120 Å². The molecule has 0 fully saturated rings. The second-order valence-corrected chi connectivity index (χ2v) is 5.90. The fourth-order valence-electron chi connectivity index (χ4n) is 2.50. The predicted molar refractivity (Wildman–Crippen MR) is 77.7 cm³/mol. The van der Waals surface area contributed by atoms with E-state index in [1.54, 1.807) is 45.0 Å².